The molecule has 0 bridgehead atoms. The Morgan fingerprint density at radius 2 is 2.17 bits per heavy atom. The zero-order chi connectivity index (χ0) is 13.0. The molecular formula is C15H26N2S. The molecule has 3 heteroatoms. The number of rotatable bonds is 6. The summed E-state index contributed by atoms with van der Waals surface area (Å²) in [6.45, 7) is 8.80. The summed E-state index contributed by atoms with van der Waals surface area (Å²) in [6, 6.07) is 0. The number of aryl methyl sites for hydroxylation is 1. The van der Waals surface area contributed by atoms with Gasteiger partial charge in [0.15, 0.2) is 0 Å². The van der Waals surface area contributed by atoms with Crippen molar-refractivity contribution >= 4 is 11.3 Å². The van der Waals surface area contributed by atoms with Crippen LogP contribution in [0, 0.1) is 12.8 Å². The van der Waals surface area contributed by atoms with E-state index in [1.54, 1.807) is 0 Å². The Labute approximate surface area is 115 Å². The van der Waals surface area contributed by atoms with Gasteiger partial charge in [-0.25, -0.2) is 4.98 Å². The van der Waals surface area contributed by atoms with Crippen LogP contribution in [0.5, 0.6) is 0 Å². The van der Waals surface area contributed by atoms with E-state index >= 15 is 0 Å². The molecule has 1 aliphatic carbocycles. The Morgan fingerprint density at radius 1 is 1.33 bits per heavy atom. The molecule has 0 spiro atoms. The van der Waals surface area contributed by atoms with Gasteiger partial charge >= 0.3 is 0 Å². The molecule has 0 radical (unpaired) electrons. The first kappa shape index (κ1) is 14.0. The van der Waals surface area contributed by atoms with Crippen LogP contribution in [0.1, 0.15) is 67.4 Å². The monoisotopic (exact) mass is 266 g/mol. The summed E-state index contributed by atoms with van der Waals surface area (Å²) in [6.07, 6.45) is 6.67. The minimum atomic E-state index is 0.749. The maximum Gasteiger partial charge on any atom is 0.0962 e. The highest BCUT2D eigenvalue weighted by molar-refractivity contribution is 7.11. The largest absolute Gasteiger partial charge is 0.312 e. The third kappa shape index (κ3) is 3.33. The lowest BCUT2D eigenvalue weighted by atomic mass is 10.0. The van der Waals surface area contributed by atoms with Crippen LogP contribution in [-0.4, -0.2) is 11.5 Å². The summed E-state index contributed by atoms with van der Waals surface area (Å²) in [4.78, 5) is 6.26. The second-order valence-electron chi connectivity index (χ2n) is 5.52. The van der Waals surface area contributed by atoms with E-state index in [9.17, 15) is 0 Å². The SMILES string of the molecule is CCCNCc1sc(C2CCC(CC)C2)nc1C. The summed E-state index contributed by atoms with van der Waals surface area (Å²) in [5.74, 6) is 1.69. The van der Waals surface area contributed by atoms with E-state index in [4.69, 9.17) is 4.98 Å². The Morgan fingerprint density at radius 3 is 2.83 bits per heavy atom. The second kappa shape index (κ2) is 6.67. The van der Waals surface area contributed by atoms with Crippen molar-refractivity contribution in [1.82, 2.24) is 10.3 Å². The summed E-state index contributed by atoms with van der Waals surface area (Å²) in [5, 5.41) is 4.89. The van der Waals surface area contributed by atoms with Crippen molar-refractivity contribution in [3.8, 4) is 0 Å². The topological polar surface area (TPSA) is 24.9 Å². The molecule has 0 aliphatic heterocycles. The van der Waals surface area contributed by atoms with Crippen LogP contribution < -0.4 is 5.32 Å². The smallest absolute Gasteiger partial charge is 0.0962 e. The molecule has 0 saturated heterocycles. The lowest BCUT2D eigenvalue weighted by Crippen LogP contribution is -2.13. The van der Waals surface area contributed by atoms with E-state index in [-0.39, 0.29) is 0 Å². The number of hydrogen-bond donors (Lipinski definition) is 1. The van der Waals surface area contributed by atoms with Gasteiger partial charge in [-0.3, -0.25) is 0 Å². The first-order valence-electron chi connectivity index (χ1n) is 7.41. The minimum absolute atomic E-state index is 0.749. The fourth-order valence-corrected chi connectivity index (χ4v) is 4.02. The Hall–Kier alpha value is -0.410. The molecule has 18 heavy (non-hydrogen) atoms. The molecule has 1 heterocycles. The van der Waals surface area contributed by atoms with Crippen molar-refractivity contribution in [2.75, 3.05) is 6.54 Å². The third-order valence-electron chi connectivity index (χ3n) is 4.09. The lowest BCUT2D eigenvalue weighted by molar-refractivity contribution is 0.521. The highest BCUT2D eigenvalue weighted by atomic mass is 32.1. The third-order valence-corrected chi connectivity index (χ3v) is 5.41. The van der Waals surface area contributed by atoms with Crippen LogP contribution in [0.4, 0.5) is 0 Å². The fraction of sp³-hybridized carbons (Fsp3) is 0.800. The molecule has 2 nitrogen and oxygen atoms in total. The van der Waals surface area contributed by atoms with E-state index in [0.717, 1.165) is 24.9 Å². The first-order valence-corrected chi connectivity index (χ1v) is 8.23. The van der Waals surface area contributed by atoms with E-state index < -0.39 is 0 Å². The van der Waals surface area contributed by atoms with Crippen LogP contribution in [0.2, 0.25) is 0 Å². The number of thiazole rings is 1. The highest BCUT2D eigenvalue weighted by Crippen LogP contribution is 2.41. The van der Waals surface area contributed by atoms with Gasteiger partial charge in [-0.2, -0.15) is 0 Å². The van der Waals surface area contributed by atoms with E-state index in [0.29, 0.717) is 0 Å². The maximum absolute atomic E-state index is 4.82. The van der Waals surface area contributed by atoms with Crippen molar-refractivity contribution in [1.29, 1.82) is 0 Å². The Bertz CT molecular complexity index is 373. The fourth-order valence-electron chi connectivity index (χ4n) is 2.84. The molecule has 102 valence electrons. The average Bonchev–Trinajstić information content (AvgIpc) is 2.97. The molecule has 1 N–H and O–H groups in total. The first-order chi connectivity index (χ1) is 8.74. The lowest BCUT2D eigenvalue weighted by Gasteiger charge is -2.06. The summed E-state index contributed by atoms with van der Waals surface area (Å²) in [5.41, 5.74) is 1.25. The molecule has 1 aromatic heterocycles. The average molecular weight is 266 g/mol. The van der Waals surface area contributed by atoms with Gasteiger partial charge in [0.05, 0.1) is 10.7 Å². The zero-order valence-electron chi connectivity index (χ0n) is 12.0. The van der Waals surface area contributed by atoms with Crippen LogP contribution in [0.15, 0.2) is 0 Å². The van der Waals surface area contributed by atoms with Crippen LogP contribution in [0.25, 0.3) is 0 Å². The zero-order valence-corrected chi connectivity index (χ0v) is 12.8. The summed E-state index contributed by atoms with van der Waals surface area (Å²) < 4.78 is 0. The molecule has 1 saturated carbocycles. The van der Waals surface area contributed by atoms with Gasteiger partial charge in [0.1, 0.15) is 0 Å². The predicted octanol–water partition coefficient (Wildman–Crippen LogP) is 4.24. The quantitative estimate of drug-likeness (QED) is 0.779. The normalized spacial score (nSPS) is 23.7. The molecule has 1 aromatic rings. The van der Waals surface area contributed by atoms with Crippen molar-refractivity contribution in [3.05, 3.63) is 15.6 Å². The maximum atomic E-state index is 4.82. The van der Waals surface area contributed by atoms with Gasteiger partial charge in [0.2, 0.25) is 0 Å². The molecular weight excluding hydrogens is 240 g/mol. The number of hydrogen-bond acceptors (Lipinski definition) is 3. The van der Waals surface area contributed by atoms with Crippen LogP contribution in [0.3, 0.4) is 0 Å². The van der Waals surface area contributed by atoms with Crippen molar-refractivity contribution < 1.29 is 0 Å². The van der Waals surface area contributed by atoms with Crippen LogP contribution in [-0.2, 0) is 6.54 Å². The summed E-state index contributed by atoms with van der Waals surface area (Å²) in [7, 11) is 0. The highest BCUT2D eigenvalue weighted by Gasteiger charge is 2.27. The molecule has 1 fully saturated rings. The molecule has 2 atom stereocenters. The van der Waals surface area contributed by atoms with Crippen molar-refractivity contribution in [2.24, 2.45) is 5.92 Å². The van der Waals surface area contributed by atoms with E-state index in [2.05, 4.69) is 26.1 Å². The van der Waals surface area contributed by atoms with Crippen LogP contribution >= 0.6 is 11.3 Å². The predicted molar refractivity (Wildman–Crippen MR) is 79.2 cm³/mol. The number of nitrogens with zero attached hydrogens (tertiary/aromatic N) is 1. The van der Waals surface area contributed by atoms with E-state index in [1.165, 1.54) is 47.7 Å². The van der Waals surface area contributed by atoms with Gasteiger partial charge < -0.3 is 5.32 Å². The van der Waals surface area contributed by atoms with Crippen molar-refractivity contribution in [3.63, 3.8) is 0 Å². The second-order valence-corrected chi connectivity index (χ2v) is 6.64. The van der Waals surface area contributed by atoms with E-state index in [1.807, 2.05) is 11.3 Å². The summed E-state index contributed by atoms with van der Waals surface area (Å²) >= 11 is 1.95. The number of nitrogens with one attached hydrogen (secondary N) is 1. The standard InChI is InChI=1S/C15H26N2S/c1-4-8-16-10-14-11(3)17-15(18-14)13-7-6-12(5-2)9-13/h12-13,16H,4-10H2,1-3H3. The minimum Gasteiger partial charge on any atom is -0.312 e. The Kier molecular flexibility index (Phi) is 5.19. The Balaban J connectivity index is 1.96. The van der Waals surface area contributed by atoms with Gasteiger partial charge in [0, 0.05) is 17.3 Å². The van der Waals surface area contributed by atoms with Crippen molar-refractivity contribution in [2.45, 2.75) is 65.3 Å². The molecule has 2 unspecified atom stereocenters. The molecule has 2 rings (SSSR count). The molecule has 0 aromatic carbocycles. The molecule has 0 amide bonds. The van der Waals surface area contributed by atoms with Gasteiger partial charge in [-0.1, -0.05) is 20.3 Å². The van der Waals surface area contributed by atoms with Gasteiger partial charge in [-0.15, -0.1) is 11.3 Å². The van der Waals surface area contributed by atoms with Gasteiger partial charge in [-0.05, 0) is 45.1 Å². The van der Waals surface area contributed by atoms with Gasteiger partial charge in [0.25, 0.3) is 0 Å². The number of aromatic nitrogens is 1. The molecule has 1 aliphatic rings.